The van der Waals surface area contributed by atoms with Crippen LogP contribution in [0.5, 0.6) is 0 Å². The van der Waals surface area contributed by atoms with Crippen molar-refractivity contribution in [3.05, 3.63) is 71.4 Å². The summed E-state index contributed by atoms with van der Waals surface area (Å²) in [6.45, 7) is 0.776. The Morgan fingerprint density at radius 3 is 2.81 bits per heavy atom. The molecule has 1 atom stereocenters. The van der Waals surface area contributed by atoms with Crippen molar-refractivity contribution in [2.75, 3.05) is 5.33 Å². The number of halogens is 1. The van der Waals surface area contributed by atoms with E-state index in [2.05, 4.69) is 58.5 Å². The minimum atomic E-state index is 0.107. The molecule has 2 aromatic carbocycles. The average Bonchev–Trinajstić information content (AvgIpc) is 3.21. The number of alkyl halides is 1. The van der Waals surface area contributed by atoms with E-state index in [0.29, 0.717) is 6.42 Å². The summed E-state index contributed by atoms with van der Waals surface area (Å²) in [5.74, 6) is 0.267. The standard InChI is InChI=1S/C23H21BrN2O/c24-11-10-23-9-8-17(27)12-21(23)18-6-7-22-20(19(18)13-23)15-26(25-22)14-16-4-2-1-3-5-16/h1-7,12,15H,8-11,13-14H2/t23-/m1/s1. The number of benzene rings is 2. The molecular formula is C23H21BrN2O. The average molecular weight is 421 g/mol. The summed E-state index contributed by atoms with van der Waals surface area (Å²) in [7, 11) is 0. The third-order valence-corrected chi connectivity index (χ3v) is 6.54. The number of ketones is 1. The lowest BCUT2D eigenvalue weighted by molar-refractivity contribution is -0.115. The molecule has 0 radical (unpaired) electrons. The first kappa shape index (κ1) is 16.9. The second kappa shape index (κ2) is 6.45. The van der Waals surface area contributed by atoms with E-state index < -0.39 is 0 Å². The zero-order chi connectivity index (χ0) is 18.4. The first-order valence-electron chi connectivity index (χ1n) is 9.53. The second-order valence-corrected chi connectivity index (χ2v) is 8.55. The lowest BCUT2D eigenvalue weighted by atomic mass is 9.71. The summed E-state index contributed by atoms with van der Waals surface area (Å²) in [5.41, 5.74) is 6.29. The number of allylic oxidation sites excluding steroid dienone is 2. The monoisotopic (exact) mass is 420 g/mol. The molecule has 0 saturated carbocycles. The van der Waals surface area contributed by atoms with Gasteiger partial charge in [-0.25, -0.2) is 0 Å². The van der Waals surface area contributed by atoms with Gasteiger partial charge in [0.1, 0.15) is 0 Å². The van der Waals surface area contributed by atoms with Crippen molar-refractivity contribution in [1.82, 2.24) is 9.78 Å². The first-order valence-corrected chi connectivity index (χ1v) is 10.6. The van der Waals surface area contributed by atoms with Gasteiger partial charge in [0.05, 0.1) is 12.1 Å². The predicted octanol–water partition coefficient (Wildman–Crippen LogP) is 5.16. The van der Waals surface area contributed by atoms with Gasteiger partial charge in [0.2, 0.25) is 0 Å². The van der Waals surface area contributed by atoms with Crippen LogP contribution in [0.2, 0.25) is 0 Å². The molecule has 0 saturated heterocycles. The van der Waals surface area contributed by atoms with Crippen molar-refractivity contribution < 1.29 is 4.79 Å². The number of carbonyl (C=O) groups is 1. The first-order chi connectivity index (χ1) is 13.2. The zero-order valence-corrected chi connectivity index (χ0v) is 16.7. The summed E-state index contributed by atoms with van der Waals surface area (Å²) in [4.78, 5) is 12.1. The summed E-state index contributed by atoms with van der Waals surface area (Å²) >= 11 is 3.64. The molecule has 0 N–H and O–H groups in total. The highest BCUT2D eigenvalue weighted by atomic mass is 79.9. The van der Waals surface area contributed by atoms with Crippen LogP contribution in [0.15, 0.2) is 54.7 Å². The van der Waals surface area contributed by atoms with Crippen molar-refractivity contribution in [1.29, 1.82) is 0 Å². The van der Waals surface area contributed by atoms with Crippen LogP contribution < -0.4 is 0 Å². The van der Waals surface area contributed by atoms with Crippen LogP contribution in [-0.2, 0) is 17.8 Å². The van der Waals surface area contributed by atoms with Gasteiger partial charge in [-0.1, -0.05) is 52.3 Å². The van der Waals surface area contributed by atoms with Gasteiger partial charge >= 0.3 is 0 Å². The minimum absolute atomic E-state index is 0.107. The number of nitrogens with zero attached hydrogens (tertiary/aromatic N) is 2. The maximum Gasteiger partial charge on any atom is 0.156 e. The third-order valence-electron chi connectivity index (χ3n) is 6.14. The highest BCUT2D eigenvalue weighted by Gasteiger charge is 2.44. The molecular weight excluding hydrogens is 400 g/mol. The number of rotatable bonds is 4. The van der Waals surface area contributed by atoms with Crippen LogP contribution in [0.1, 0.15) is 36.0 Å². The Kier molecular flexibility index (Phi) is 4.05. The van der Waals surface area contributed by atoms with Crippen LogP contribution in [0, 0.1) is 5.41 Å². The Morgan fingerprint density at radius 2 is 2.00 bits per heavy atom. The lowest BCUT2D eigenvalue weighted by Gasteiger charge is -2.33. The number of hydrogen-bond donors (Lipinski definition) is 0. The van der Waals surface area contributed by atoms with E-state index in [-0.39, 0.29) is 11.2 Å². The lowest BCUT2D eigenvalue weighted by Crippen LogP contribution is -2.26. The maximum absolute atomic E-state index is 12.1. The van der Waals surface area contributed by atoms with Crippen molar-refractivity contribution >= 4 is 38.2 Å². The van der Waals surface area contributed by atoms with Gasteiger partial charge < -0.3 is 0 Å². The van der Waals surface area contributed by atoms with E-state index in [9.17, 15) is 4.79 Å². The van der Waals surface area contributed by atoms with Gasteiger partial charge in [-0.2, -0.15) is 5.10 Å². The van der Waals surface area contributed by atoms with Gasteiger partial charge in [-0.3, -0.25) is 9.48 Å². The molecule has 136 valence electrons. The highest BCUT2D eigenvalue weighted by Crippen LogP contribution is 2.55. The predicted molar refractivity (Wildman–Crippen MR) is 112 cm³/mol. The fourth-order valence-corrected chi connectivity index (χ4v) is 5.55. The molecule has 0 aliphatic heterocycles. The Labute approximate surface area is 167 Å². The zero-order valence-electron chi connectivity index (χ0n) is 15.1. The molecule has 27 heavy (non-hydrogen) atoms. The highest BCUT2D eigenvalue weighted by molar-refractivity contribution is 9.09. The number of hydrogen-bond acceptors (Lipinski definition) is 2. The largest absolute Gasteiger partial charge is 0.295 e. The van der Waals surface area contributed by atoms with Crippen molar-refractivity contribution in [3.63, 3.8) is 0 Å². The van der Waals surface area contributed by atoms with Crippen LogP contribution in [0.4, 0.5) is 0 Å². The molecule has 2 aliphatic rings. The third kappa shape index (κ3) is 2.78. The molecule has 2 aliphatic carbocycles. The molecule has 0 amide bonds. The second-order valence-electron chi connectivity index (χ2n) is 7.76. The van der Waals surface area contributed by atoms with E-state index in [1.165, 1.54) is 27.6 Å². The Hall–Kier alpha value is -2.20. The summed E-state index contributed by atoms with van der Waals surface area (Å²) in [5, 5.41) is 7.00. The molecule has 0 bridgehead atoms. The molecule has 3 nitrogen and oxygen atoms in total. The van der Waals surface area contributed by atoms with Crippen LogP contribution >= 0.6 is 15.9 Å². The molecule has 1 heterocycles. The summed E-state index contributed by atoms with van der Waals surface area (Å²) in [6.07, 6.45) is 7.81. The Morgan fingerprint density at radius 1 is 1.15 bits per heavy atom. The van der Waals surface area contributed by atoms with Crippen LogP contribution in [0.25, 0.3) is 16.5 Å². The van der Waals surface area contributed by atoms with E-state index in [0.717, 1.165) is 36.7 Å². The molecule has 0 spiro atoms. The van der Waals surface area contributed by atoms with Gasteiger partial charge in [-0.05, 0) is 53.7 Å². The molecule has 1 aromatic heterocycles. The Bertz CT molecular complexity index is 1070. The van der Waals surface area contributed by atoms with E-state index in [1.807, 2.05) is 16.8 Å². The van der Waals surface area contributed by atoms with E-state index in [1.54, 1.807) is 0 Å². The van der Waals surface area contributed by atoms with Gasteiger partial charge in [-0.15, -0.1) is 0 Å². The van der Waals surface area contributed by atoms with Gasteiger partial charge in [0, 0.05) is 28.7 Å². The van der Waals surface area contributed by atoms with Crippen molar-refractivity contribution in [2.45, 2.75) is 32.2 Å². The normalized spacial score (nSPS) is 21.2. The van der Waals surface area contributed by atoms with Crippen molar-refractivity contribution in [3.8, 4) is 0 Å². The summed E-state index contributed by atoms with van der Waals surface area (Å²) in [6, 6.07) is 14.7. The summed E-state index contributed by atoms with van der Waals surface area (Å²) < 4.78 is 2.04. The van der Waals surface area contributed by atoms with Gasteiger partial charge in [0.15, 0.2) is 5.78 Å². The molecule has 0 fully saturated rings. The number of fused-ring (bicyclic) bond motifs is 5. The topological polar surface area (TPSA) is 34.9 Å². The SMILES string of the molecule is O=C1C=C2c3ccc4nn(Cc5ccccc5)cc4c3C[C@]2(CCBr)CC1. The number of carbonyl (C=O) groups excluding carboxylic acids is 1. The minimum Gasteiger partial charge on any atom is -0.295 e. The van der Waals surface area contributed by atoms with Crippen molar-refractivity contribution in [2.24, 2.45) is 5.41 Å². The fourth-order valence-electron chi connectivity index (χ4n) is 4.79. The quantitative estimate of drug-likeness (QED) is 0.546. The Balaban J connectivity index is 1.60. The number of aromatic nitrogens is 2. The van der Waals surface area contributed by atoms with Crippen LogP contribution in [0.3, 0.4) is 0 Å². The smallest absolute Gasteiger partial charge is 0.156 e. The fraction of sp³-hybridized carbons (Fsp3) is 0.304. The molecule has 0 unspecified atom stereocenters. The molecule has 5 rings (SSSR count). The van der Waals surface area contributed by atoms with Crippen LogP contribution in [-0.4, -0.2) is 20.9 Å². The van der Waals surface area contributed by atoms with E-state index >= 15 is 0 Å². The molecule has 4 heteroatoms. The maximum atomic E-state index is 12.1. The molecule has 3 aromatic rings. The van der Waals surface area contributed by atoms with E-state index in [4.69, 9.17) is 5.10 Å². The van der Waals surface area contributed by atoms with Gasteiger partial charge in [0.25, 0.3) is 0 Å².